The molecule has 1 fully saturated rings. The Labute approximate surface area is 175 Å². The highest BCUT2D eigenvalue weighted by atomic mass is 16.5. The van der Waals surface area contributed by atoms with Crippen LogP contribution in [-0.4, -0.2) is 52.2 Å². The lowest BCUT2D eigenvalue weighted by Gasteiger charge is -2.33. The molecule has 1 aromatic carbocycles. The van der Waals surface area contributed by atoms with Gasteiger partial charge in [0.2, 0.25) is 5.91 Å². The summed E-state index contributed by atoms with van der Waals surface area (Å²) in [5.41, 5.74) is 3.12. The summed E-state index contributed by atoms with van der Waals surface area (Å²) in [6.45, 7) is 1.23. The number of imidazole rings is 1. The average Bonchev–Trinajstić information content (AvgIpc) is 3.03. The Morgan fingerprint density at radius 3 is 2.93 bits per heavy atom. The molecule has 4 rings (SSSR count). The van der Waals surface area contributed by atoms with Crippen LogP contribution in [-0.2, 0) is 18.3 Å². The number of hydrogen-bond donors (Lipinski definition) is 1. The van der Waals surface area contributed by atoms with Crippen LogP contribution in [0.5, 0.6) is 5.75 Å². The third-order valence-electron chi connectivity index (χ3n) is 5.81. The Balaban J connectivity index is 1.59. The average molecular weight is 409 g/mol. The topological polar surface area (TPSA) is 81.4 Å². The molecule has 0 saturated carbocycles. The van der Waals surface area contributed by atoms with Gasteiger partial charge in [0.15, 0.2) is 5.65 Å². The van der Waals surface area contributed by atoms with E-state index in [4.69, 9.17) is 4.74 Å². The molecular weight excluding hydrogens is 382 g/mol. The predicted molar refractivity (Wildman–Crippen MR) is 116 cm³/mol. The minimum Gasteiger partial charge on any atom is -0.497 e. The SMILES string of the molecule is CNc1cnc2c(c1)n([C@H]1CCCN(C(=O)Cc3cccc(OC)c3)C1)c(=O)n2C. The molecule has 1 aliphatic heterocycles. The van der Waals surface area contributed by atoms with Gasteiger partial charge >= 0.3 is 5.69 Å². The minimum atomic E-state index is -0.0992. The quantitative estimate of drug-likeness (QED) is 0.699. The molecule has 1 saturated heterocycles. The number of aryl methyl sites for hydroxylation is 1. The molecule has 3 heterocycles. The first-order valence-corrected chi connectivity index (χ1v) is 10.2. The van der Waals surface area contributed by atoms with Crippen LogP contribution in [0.15, 0.2) is 41.3 Å². The van der Waals surface area contributed by atoms with Crippen LogP contribution < -0.4 is 15.7 Å². The summed E-state index contributed by atoms with van der Waals surface area (Å²) in [6.07, 6.45) is 3.75. The van der Waals surface area contributed by atoms with Gasteiger partial charge in [-0.15, -0.1) is 0 Å². The zero-order chi connectivity index (χ0) is 21.3. The van der Waals surface area contributed by atoms with E-state index in [-0.39, 0.29) is 17.6 Å². The number of nitrogens with one attached hydrogen (secondary N) is 1. The van der Waals surface area contributed by atoms with Crippen LogP contribution in [0.3, 0.4) is 0 Å². The molecule has 30 heavy (non-hydrogen) atoms. The van der Waals surface area contributed by atoms with Gasteiger partial charge < -0.3 is 15.0 Å². The van der Waals surface area contributed by atoms with E-state index in [0.717, 1.165) is 35.4 Å². The number of pyridine rings is 1. The van der Waals surface area contributed by atoms with Crippen molar-refractivity contribution in [2.45, 2.75) is 25.3 Å². The fourth-order valence-corrected chi connectivity index (χ4v) is 4.19. The van der Waals surface area contributed by atoms with Crippen molar-refractivity contribution in [2.24, 2.45) is 7.05 Å². The molecule has 0 aliphatic carbocycles. The van der Waals surface area contributed by atoms with Gasteiger partial charge in [0, 0.05) is 27.2 Å². The fourth-order valence-electron chi connectivity index (χ4n) is 4.19. The van der Waals surface area contributed by atoms with Gasteiger partial charge in [-0.25, -0.2) is 9.78 Å². The summed E-state index contributed by atoms with van der Waals surface area (Å²) < 4.78 is 8.63. The summed E-state index contributed by atoms with van der Waals surface area (Å²) in [4.78, 5) is 32.3. The maximum Gasteiger partial charge on any atom is 0.330 e. The molecule has 8 heteroatoms. The third kappa shape index (κ3) is 3.65. The van der Waals surface area contributed by atoms with Crippen molar-refractivity contribution in [1.29, 1.82) is 0 Å². The second kappa shape index (κ2) is 8.22. The Hall–Kier alpha value is -3.29. The van der Waals surface area contributed by atoms with E-state index in [1.165, 1.54) is 0 Å². The van der Waals surface area contributed by atoms with Crippen molar-refractivity contribution in [3.8, 4) is 5.75 Å². The summed E-state index contributed by atoms with van der Waals surface area (Å²) in [6, 6.07) is 9.45. The summed E-state index contributed by atoms with van der Waals surface area (Å²) >= 11 is 0. The van der Waals surface area contributed by atoms with E-state index in [0.29, 0.717) is 25.2 Å². The number of aromatic nitrogens is 3. The van der Waals surface area contributed by atoms with Crippen molar-refractivity contribution in [2.75, 3.05) is 32.6 Å². The Kier molecular flexibility index (Phi) is 5.48. The van der Waals surface area contributed by atoms with Gasteiger partial charge in [-0.1, -0.05) is 12.1 Å². The van der Waals surface area contributed by atoms with E-state index >= 15 is 0 Å². The standard InChI is InChI=1S/C22H27N5O3/c1-23-16-12-19-21(24-13-16)25(2)22(29)27(19)17-7-5-9-26(14-17)20(28)11-15-6-4-8-18(10-15)30-3/h4,6,8,10,12-13,17,23H,5,7,9,11,14H2,1-3H3/t17-/m0/s1. The maximum atomic E-state index is 13.0. The van der Waals surface area contributed by atoms with Gasteiger partial charge in [-0.3, -0.25) is 13.9 Å². The lowest BCUT2D eigenvalue weighted by molar-refractivity contribution is -0.132. The number of nitrogens with zero attached hydrogens (tertiary/aromatic N) is 4. The number of hydrogen-bond acceptors (Lipinski definition) is 5. The maximum absolute atomic E-state index is 13.0. The van der Waals surface area contributed by atoms with Crippen LogP contribution in [0.4, 0.5) is 5.69 Å². The monoisotopic (exact) mass is 409 g/mol. The normalized spacial score (nSPS) is 16.6. The number of benzene rings is 1. The van der Waals surface area contributed by atoms with Gasteiger partial charge in [0.1, 0.15) is 5.75 Å². The molecule has 0 unspecified atom stereocenters. The molecule has 158 valence electrons. The van der Waals surface area contributed by atoms with E-state index in [2.05, 4.69) is 10.3 Å². The van der Waals surface area contributed by atoms with E-state index in [1.807, 2.05) is 42.3 Å². The zero-order valence-corrected chi connectivity index (χ0v) is 17.6. The second-order valence-electron chi connectivity index (χ2n) is 7.69. The molecule has 1 aliphatic rings. The lowest BCUT2D eigenvalue weighted by atomic mass is 10.0. The van der Waals surface area contributed by atoms with Crippen molar-refractivity contribution >= 4 is 22.8 Å². The molecule has 3 aromatic rings. The number of methoxy groups -OCH3 is 1. The largest absolute Gasteiger partial charge is 0.497 e. The van der Waals surface area contributed by atoms with E-state index in [9.17, 15) is 9.59 Å². The number of anilines is 1. The first-order chi connectivity index (χ1) is 14.5. The number of amides is 1. The van der Waals surface area contributed by atoms with Crippen LogP contribution >= 0.6 is 0 Å². The smallest absolute Gasteiger partial charge is 0.330 e. The number of rotatable bonds is 5. The molecule has 0 bridgehead atoms. The summed E-state index contributed by atoms with van der Waals surface area (Å²) in [5.74, 6) is 0.808. The van der Waals surface area contributed by atoms with Crippen molar-refractivity contribution in [3.63, 3.8) is 0 Å². The molecule has 1 N–H and O–H groups in total. The summed E-state index contributed by atoms with van der Waals surface area (Å²) in [5, 5.41) is 3.08. The fraction of sp³-hybridized carbons (Fsp3) is 0.409. The molecule has 1 atom stereocenters. The first kappa shape index (κ1) is 20.0. The van der Waals surface area contributed by atoms with E-state index < -0.39 is 0 Å². The highest BCUT2D eigenvalue weighted by Gasteiger charge is 2.28. The van der Waals surface area contributed by atoms with Crippen molar-refractivity contribution in [3.05, 3.63) is 52.6 Å². The molecular formula is C22H27N5O3. The molecule has 1 amide bonds. The highest BCUT2D eigenvalue weighted by molar-refractivity contribution is 5.79. The minimum absolute atomic E-state index is 0.0651. The van der Waals surface area contributed by atoms with Crippen LogP contribution in [0.1, 0.15) is 24.4 Å². The number of likely N-dealkylation sites (tertiary alicyclic amines) is 1. The van der Waals surface area contributed by atoms with Crippen molar-refractivity contribution in [1.82, 2.24) is 19.0 Å². The Morgan fingerprint density at radius 1 is 1.33 bits per heavy atom. The number of carbonyl (C=O) groups excluding carboxylic acids is 1. The number of ether oxygens (including phenoxy) is 1. The van der Waals surface area contributed by atoms with Crippen LogP contribution in [0.2, 0.25) is 0 Å². The second-order valence-corrected chi connectivity index (χ2v) is 7.69. The number of piperidine rings is 1. The number of carbonyl (C=O) groups is 1. The Bertz CT molecular complexity index is 1130. The van der Waals surface area contributed by atoms with Crippen LogP contribution in [0, 0.1) is 0 Å². The van der Waals surface area contributed by atoms with Gasteiger partial charge in [-0.2, -0.15) is 0 Å². The van der Waals surface area contributed by atoms with Gasteiger partial charge in [-0.05, 0) is 36.6 Å². The van der Waals surface area contributed by atoms with Crippen LogP contribution in [0.25, 0.3) is 11.2 Å². The van der Waals surface area contributed by atoms with E-state index in [1.54, 1.807) is 29.5 Å². The predicted octanol–water partition coefficient (Wildman–Crippen LogP) is 2.19. The number of fused-ring (bicyclic) bond motifs is 1. The molecule has 2 aromatic heterocycles. The third-order valence-corrected chi connectivity index (χ3v) is 5.81. The van der Waals surface area contributed by atoms with Crippen molar-refractivity contribution < 1.29 is 9.53 Å². The molecule has 0 radical (unpaired) electrons. The first-order valence-electron chi connectivity index (χ1n) is 10.2. The highest BCUT2D eigenvalue weighted by Crippen LogP contribution is 2.26. The Morgan fingerprint density at radius 2 is 2.17 bits per heavy atom. The van der Waals surface area contributed by atoms with Gasteiger partial charge in [0.05, 0.1) is 37.0 Å². The molecule has 8 nitrogen and oxygen atoms in total. The van der Waals surface area contributed by atoms with Gasteiger partial charge in [0.25, 0.3) is 0 Å². The summed E-state index contributed by atoms with van der Waals surface area (Å²) in [7, 11) is 5.18. The lowest BCUT2D eigenvalue weighted by Crippen LogP contribution is -2.43. The molecule has 0 spiro atoms. The zero-order valence-electron chi connectivity index (χ0n) is 17.6.